The molecule has 0 amide bonds. The highest BCUT2D eigenvalue weighted by molar-refractivity contribution is 6.71. The van der Waals surface area contributed by atoms with Crippen LogP contribution < -0.4 is 0 Å². The number of ether oxygens (including phenoxy) is 1. The molecule has 3 heteroatoms. The Morgan fingerprint density at radius 1 is 1.05 bits per heavy atom. The number of aryl methyl sites for hydroxylation is 1. The molecular weight excluding hydrogens is 264 g/mol. The van der Waals surface area contributed by atoms with Gasteiger partial charge >= 0.3 is 0 Å². The number of hydrogen-bond acceptors (Lipinski definition) is 2. The van der Waals surface area contributed by atoms with Crippen LogP contribution in [0.4, 0.5) is 0 Å². The van der Waals surface area contributed by atoms with Gasteiger partial charge in [0.05, 0.1) is 6.61 Å². The predicted molar refractivity (Wildman–Crippen MR) is 88.7 cm³/mol. The molecule has 2 nitrogen and oxygen atoms in total. The van der Waals surface area contributed by atoms with Crippen molar-refractivity contribution >= 4 is 8.32 Å². The van der Waals surface area contributed by atoms with Crippen molar-refractivity contribution in [1.82, 2.24) is 0 Å². The molecule has 0 spiro atoms. The Morgan fingerprint density at radius 3 is 2.30 bits per heavy atom. The van der Waals surface area contributed by atoms with Gasteiger partial charge in [-0.25, -0.2) is 0 Å². The third kappa shape index (κ3) is 7.22. The van der Waals surface area contributed by atoms with Gasteiger partial charge in [0.1, 0.15) is 0 Å². The Balaban J connectivity index is 2.37. The lowest BCUT2D eigenvalue weighted by molar-refractivity contribution is 0.0385. The quantitative estimate of drug-likeness (QED) is 0.624. The minimum absolute atomic E-state index is 0.104. The van der Waals surface area contributed by atoms with Crippen molar-refractivity contribution in [3.8, 4) is 0 Å². The third-order valence-electron chi connectivity index (χ3n) is 3.41. The molecule has 0 saturated carbocycles. The van der Waals surface area contributed by atoms with E-state index in [1.807, 2.05) is 6.92 Å². The molecule has 0 saturated heterocycles. The first-order valence-electron chi connectivity index (χ1n) is 7.60. The second-order valence-electron chi connectivity index (χ2n) is 6.84. The molecule has 1 aromatic rings. The van der Waals surface area contributed by atoms with E-state index in [9.17, 15) is 0 Å². The maximum absolute atomic E-state index is 6.27. The summed E-state index contributed by atoms with van der Waals surface area (Å²) in [5.74, 6) is 0. The smallest absolute Gasteiger partial charge is 0.187 e. The van der Waals surface area contributed by atoms with Crippen molar-refractivity contribution in [2.24, 2.45) is 5.41 Å². The highest BCUT2D eigenvalue weighted by atomic mass is 28.4. The summed E-state index contributed by atoms with van der Waals surface area (Å²) in [5.41, 5.74) is 1.51. The summed E-state index contributed by atoms with van der Waals surface area (Å²) >= 11 is 0. The van der Waals surface area contributed by atoms with E-state index in [-0.39, 0.29) is 5.41 Å². The lowest BCUT2D eigenvalue weighted by Gasteiger charge is -2.30. The molecule has 0 radical (unpaired) electrons. The molecule has 1 aromatic carbocycles. The van der Waals surface area contributed by atoms with Gasteiger partial charge in [-0.15, -0.1) is 0 Å². The first kappa shape index (κ1) is 17.4. The highest BCUT2D eigenvalue weighted by Gasteiger charge is 2.27. The molecule has 0 aromatic heterocycles. The Labute approximate surface area is 125 Å². The van der Waals surface area contributed by atoms with Gasteiger partial charge < -0.3 is 9.16 Å². The average molecular weight is 295 g/mol. The second kappa shape index (κ2) is 7.96. The van der Waals surface area contributed by atoms with Gasteiger partial charge in [-0.2, -0.15) is 0 Å². The summed E-state index contributed by atoms with van der Waals surface area (Å²) in [6, 6.07) is 11.8. The van der Waals surface area contributed by atoms with Gasteiger partial charge in [0, 0.05) is 18.6 Å². The van der Waals surface area contributed by atoms with Crippen molar-refractivity contribution in [2.45, 2.75) is 46.3 Å². The Morgan fingerprint density at radius 2 is 1.70 bits per heavy atom. The van der Waals surface area contributed by atoms with Crippen LogP contribution >= 0.6 is 0 Å². The monoisotopic (exact) mass is 294 g/mol. The Hall–Kier alpha value is -0.643. The fraction of sp³-hybridized carbons (Fsp3) is 0.647. The minimum atomic E-state index is -1.59. The molecular formula is C17H30O2Si. The van der Waals surface area contributed by atoms with Crippen molar-refractivity contribution in [3.05, 3.63) is 35.9 Å². The summed E-state index contributed by atoms with van der Waals surface area (Å²) < 4.78 is 11.8. The largest absolute Gasteiger partial charge is 0.417 e. The molecule has 0 unspecified atom stereocenters. The first-order chi connectivity index (χ1) is 9.35. The van der Waals surface area contributed by atoms with Crippen LogP contribution in [0.1, 0.15) is 26.3 Å². The van der Waals surface area contributed by atoms with Gasteiger partial charge in [0.2, 0.25) is 0 Å². The molecule has 0 N–H and O–H groups in total. The number of hydrogen-bond donors (Lipinski definition) is 0. The van der Waals surface area contributed by atoms with Crippen LogP contribution in [0.2, 0.25) is 19.1 Å². The van der Waals surface area contributed by atoms with Crippen molar-refractivity contribution in [1.29, 1.82) is 0 Å². The van der Waals surface area contributed by atoms with Gasteiger partial charge in [0.25, 0.3) is 0 Å². The highest BCUT2D eigenvalue weighted by Crippen LogP contribution is 2.22. The standard InChI is InChI=1S/C17H30O2Si/c1-6-18-14-17(2,3)15-19-20(4,5)13-12-16-10-8-7-9-11-16/h7-11H,6,12-15H2,1-5H3. The lowest BCUT2D eigenvalue weighted by Crippen LogP contribution is -2.37. The Kier molecular flexibility index (Phi) is 6.93. The average Bonchev–Trinajstić information content (AvgIpc) is 2.43. The normalized spacial score (nSPS) is 12.7. The fourth-order valence-electron chi connectivity index (χ4n) is 1.97. The molecule has 0 bridgehead atoms. The molecule has 0 heterocycles. The molecule has 20 heavy (non-hydrogen) atoms. The maximum atomic E-state index is 6.27. The zero-order valence-electron chi connectivity index (χ0n) is 13.7. The number of rotatable bonds is 9. The van der Waals surface area contributed by atoms with E-state index in [0.717, 1.165) is 26.2 Å². The fourth-order valence-corrected chi connectivity index (χ4v) is 3.79. The predicted octanol–water partition coefficient (Wildman–Crippen LogP) is 4.51. The zero-order chi connectivity index (χ0) is 15.1. The van der Waals surface area contributed by atoms with Crippen LogP contribution in [0, 0.1) is 5.41 Å². The molecule has 0 fully saturated rings. The maximum Gasteiger partial charge on any atom is 0.187 e. The van der Waals surface area contributed by atoms with E-state index in [2.05, 4.69) is 57.3 Å². The van der Waals surface area contributed by atoms with Crippen LogP contribution in [0.25, 0.3) is 0 Å². The van der Waals surface area contributed by atoms with Crippen LogP contribution in [0.15, 0.2) is 30.3 Å². The molecule has 0 aliphatic rings. The summed E-state index contributed by atoms with van der Waals surface area (Å²) in [6.45, 7) is 13.4. The van der Waals surface area contributed by atoms with Crippen molar-refractivity contribution < 1.29 is 9.16 Å². The zero-order valence-corrected chi connectivity index (χ0v) is 14.7. The molecule has 0 aliphatic carbocycles. The summed E-state index contributed by atoms with van der Waals surface area (Å²) in [4.78, 5) is 0. The van der Waals surface area contributed by atoms with Crippen molar-refractivity contribution in [2.75, 3.05) is 19.8 Å². The summed E-state index contributed by atoms with van der Waals surface area (Å²) in [5, 5.41) is 0. The van der Waals surface area contributed by atoms with Gasteiger partial charge in [-0.1, -0.05) is 44.2 Å². The van der Waals surface area contributed by atoms with Crippen molar-refractivity contribution in [3.63, 3.8) is 0 Å². The van der Waals surface area contributed by atoms with Crippen LogP contribution in [-0.2, 0) is 15.6 Å². The lowest BCUT2D eigenvalue weighted by atomic mass is 9.97. The van der Waals surface area contributed by atoms with E-state index in [1.54, 1.807) is 0 Å². The van der Waals surface area contributed by atoms with E-state index in [0.29, 0.717) is 0 Å². The van der Waals surface area contributed by atoms with E-state index in [4.69, 9.17) is 9.16 Å². The van der Waals surface area contributed by atoms with E-state index < -0.39 is 8.32 Å². The molecule has 0 atom stereocenters. The minimum Gasteiger partial charge on any atom is -0.417 e. The van der Waals surface area contributed by atoms with E-state index in [1.165, 1.54) is 11.6 Å². The second-order valence-corrected chi connectivity index (χ2v) is 11.1. The topological polar surface area (TPSA) is 18.5 Å². The SMILES string of the molecule is CCOCC(C)(C)CO[Si](C)(C)CCc1ccccc1. The van der Waals surface area contributed by atoms with E-state index >= 15 is 0 Å². The summed E-state index contributed by atoms with van der Waals surface area (Å²) in [7, 11) is -1.59. The van der Waals surface area contributed by atoms with Gasteiger partial charge in [-0.05, 0) is 38.0 Å². The van der Waals surface area contributed by atoms with Crippen LogP contribution in [0.5, 0.6) is 0 Å². The summed E-state index contributed by atoms with van der Waals surface area (Å²) in [6.07, 6.45) is 1.12. The molecule has 1 rings (SSSR count). The van der Waals surface area contributed by atoms with Gasteiger partial charge in [-0.3, -0.25) is 0 Å². The van der Waals surface area contributed by atoms with Crippen LogP contribution in [-0.4, -0.2) is 28.1 Å². The number of benzene rings is 1. The first-order valence-corrected chi connectivity index (χ1v) is 10.7. The molecule has 114 valence electrons. The van der Waals surface area contributed by atoms with Crippen LogP contribution in [0.3, 0.4) is 0 Å². The molecule has 0 aliphatic heterocycles. The third-order valence-corrected chi connectivity index (χ3v) is 5.79. The van der Waals surface area contributed by atoms with Gasteiger partial charge in [0.15, 0.2) is 8.32 Å². The Bertz CT molecular complexity index is 374.